The molecule has 0 amide bonds. The average Bonchev–Trinajstić information content (AvgIpc) is 3.26. The molecule has 6 nitrogen and oxygen atoms in total. The van der Waals surface area contributed by atoms with Crippen LogP contribution in [0.4, 0.5) is 0 Å². The van der Waals surface area contributed by atoms with Gasteiger partial charge in [0.25, 0.3) is 0 Å². The highest BCUT2D eigenvalue weighted by Gasteiger charge is 2.19. The zero-order valence-electron chi connectivity index (χ0n) is 39.1. The maximum atomic E-state index is 12.8. The molecular formula is C55H88O6. The van der Waals surface area contributed by atoms with Gasteiger partial charge < -0.3 is 14.2 Å². The Kier molecular flexibility index (Phi) is 45.6. The van der Waals surface area contributed by atoms with E-state index in [1.807, 2.05) is 6.08 Å². The second-order valence-corrected chi connectivity index (χ2v) is 15.8. The van der Waals surface area contributed by atoms with Gasteiger partial charge in [0.05, 0.1) is 0 Å². The van der Waals surface area contributed by atoms with Crippen molar-refractivity contribution in [1.82, 2.24) is 0 Å². The predicted octanol–water partition coefficient (Wildman–Crippen LogP) is 16.0. The fraction of sp³-hybridized carbons (Fsp3) is 0.618. The van der Waals surface area contributed by atoms with Gasteiger partial charge in [-0.1, -0.05) is 201 Å². The molecule has 0 spiro atoms. The number of hydrogen-bond donors (Lipinski definition) is 0. The molecule has 0 aliphatic carbocycles. The highest BCUT2D eigenvalue weighted by Crippen LogP contribution is 2.13. The summed E-state index contributed by atoms with van der Waals surface area (Å²) in [5, 5.41) is 0. The monoisotopic (exact) mass is 845 g/mol. The van der Waals surface area contributed by atoms with E-state index in [1.165, 1.54) is 19.3 Å². The zero-order valence-corrected chi connectivity index (χ0v) is 39.1. The molecule has 6 heteroatoms. The van der Waals surface area contributed by atoms with E-state index in [0.29, 0.717) is 19.3 Å². The molecule has 0 aromatic heterocycles. The van der Waals surface area contributed by atoms with Gasteiger partial charge in [0.15, 0.2) is 6.10 Å². The molecule has 1 atom stereocenters. The Balaban J connectivity index is 4.49. The van der Waals surface area contributed by atoms with Crippen LogP contribution in [0, 0.1) is 0 Å². The molecule has 0 bridgehead atoms. The first kappa shape index (κ1) is 57.1. The van der Waals surface area contributed by atoms with E-state index in [4.69, 9.17) is 14.2 Å². The second kappa shape index (κ2) is 48.7. The van der Waals surface area contributed by atoms with E-state index in [1.54, 1.807) is 0 Å². The molecular weight excluding hydrogens is 757 g/mol. The molecule has 1 unspecified atom stereocenters. The third-order valence-corrected chi connectivity index (χ3v) is 9.90. The van der Waals surface area contributed by atoms with E-state index in [0.717, 1.165) is 141 Å². The Morgan fingerprint density at radius 1 is 0.361 bits per heavy atom. The number of rotatable bonds is 42. The first-order valence-electron chi connectivity index (χ1n) is 24.5. The largest absolute Gasteiger partial charge is 0.462 e. The Morgan fingerprint density at radius 2 is 0.721 bits per heavy atom. The van der Waals surface area contributed by atoms with Gasteiger partial charge in [0.2, 0.25) is 0 Å². The molecule has 0 N–H and O–H groups in total. The molecule has 0 radical (unpaired) electrons. The second-order valence-electron chi connectivity index (χ2n) is 15.8. The fourth-order valence-electron chi connectivity index (χ4n) is 6.25. The Hall–Kier alpha value is -3.93. The van der Waals surface area contributed by atoms with Gasteiger partial charge in [-0.3, -0.25) is 14.4 Å². The molecule has 0 aromatic carbocycles. The van der Waals surface area contributed by atoms with Gasteiger partial charge >= 0.3 is 17.9 Å². The third-order valence-electron chi connectivity index (χ3n) is 9.90. The summed E-state index contributed by atoms with van der Waals surface area (Å²) in [6.45, 7) is 6.28. The molecule has 0 aromatic rings. The molecule has 0 aliphatic rings. The van der Waals surface area contributed by atoms with Crippen molar-refractivity contribution in [2.45, 2.75) is 207 Å². The molecule has 61 heavy (non-hydrogen) atoms. The normalized spacial score (nSPS) is 13.0. The third kappa shape index (κ3) is 47.0. The van der Waals surface area contributed by atoms with Crippen LogP contribution in [0.25, 0.3) is 0 Å². The topological polar surface area (TPSA) is 78.9 Å². The quantitative estimate of drug-likeness (QED) is 0.0200. The van der Waals surface area contributed by atoms with Crippen LogP contribution >= 0.6 is 0 Å². The number of esters is 3. The summed E-state index contributed by atoms with van der Waals surface area (Å²) < 4.78 is 16.7. The zero-order chi connectivity index (χ0) is 44.4. The molecule has 0 rings (SSSR count). The van der Waals surface area contributed by atoms with Crippen molar-refractivity contribution in [2.24, 2.45) is 0 Å². The number of allylic oxidation sites excluding steroid dienone is 18. The first-order valence-corrected chi connectivity index (χ1v) is 24.5. The summed E-state index contributed by atoms with van der Waals surface area (Å²) in [7, 11) is 0. The lowest BCUT2D eigenvalue weighted by atomic mass is 10.1. The van der Waals surface area contributed by atoms with E-state index in [2.05, 4.69) is 124 Å². The lowest BCUT2D eigenvalue weighted by molar-refractivity contribution is -0.167. The van der Waals surface area contributed by atoms with Crippen LogP contribution in [0.1, 0.15) is 201 Å². The summed E-state index contributed by atoms with van der Waals surface area (Å²) in [4.78, 5) is 37.9. The van der Waals surface area contributed by atoms with Crippen molar-refractivity contribution in [2.75, 3.05) is 13.2 Å². The molecule has 344 valence electrons. The summed E-state index contributed by atoms with van der Waals surface area (Å²) >= 11 is 0. The number of unbranched alkanes of at least 4 members (excludes halogenated alkanes) is 18. The number of ether oxygens (including phenoxy) is 3. The van der Waals surface area contributed by atoms with Gasteiger partial charge in [-0.15, -0.1) is 0 Å². The van der Waals surface area contributed by atoms with Gasteiger partial charge in [-0.2, -0.15) is 0 Å². The predicted molar refractivity (Wildman–Crippen MR) is 260 cm³/mol. The number of hydrogen-bond acceptors (Lipinski definition) is 6. The summed E-state index contributed by atoms with van der Waals surface area (Å²) in [6, 6.07) is 0. The molecule has 0 aliphatic heterocycles. The van der Waals surface area contributed by atoms with Crippen LogP contribution in [0.5, 0.6) is 0 Å². The molecule has 0 saturated carbocycles. The van der Waals surface area contributed by atoms with Gasteiger partial charge in [0, 0.05) is 19.3 Å². The van der Waals surface area contributed by atoms with E-state index in [-0.39, 0.29) is 31.1 Å². The summed E-state index contributed by atoms with van der Waals surface area (Å²) in [5.74, 6) is -0.971. The summed E-state index contributed by atoms with van der Waals surface area (Å²) in [5.41, 5.74) is 0. The highest BCUT2D eigenvalue weighted by atomic mass is 16.6. The minimum Gasteiger partial charge on any atom is -0.462 e. The highest BCUT2D eigenvalue weighted by molar-refractivity contribution is 5.71. The van der Waals surface area contributed by atoms with Crippen LogP contribution < -0.4 is 0 Å². The van der Waals surface area contributed by atoms with Crippen molar-refractivity contribution in [1.29, 1.82) is 0 Å². The van der Waals surface area contributed by atoms with E-state index >= 15 is 0 Å². The van der Waals surface area contributed by atoms with Crippen molar-refractivity contribution < 1.29 is 28.6 Å². The number of carbonyl (C=O) groups excluding carboxylic acids is 3. The maximum Gasteiger partial charge on any atom is 0.306 e. The SMILES string of the molecule is CC\C=C/C=C\C=C/CCCCCCCC(=O)OC(COC(=O)CCCCCCC\C=C/C=C\C=C/C=C\CCCCC)COC(=O)CCCCCCC/C=C\C/C=C\CC. The van der Waals surface area contributed by atoms with Gasteiger partial charge in [-0.05, 0) is 89.9 Å². The molecule has 0 saturated heterocycles. The average molecular weight is 845 g/mol. The Labute approximate surface area is 374 Å². The lowest BCUT2D eigenvalue weighted by Gasteiger charge is -2.18. The van der Waals surface area contributed by atoms with E-state index < -0.39 is 6.10 Å². The standard InChI is InChI=1S/C55H88O6/c1-4-7-10-13-16-19-22-25-26-27-28-29-31-33-36-39-42-45-48-54(57)60-51-52(50-59-53(56)47-44-41-38-35-32-24-21-18-15-12-9-6-3)61-55(58)49-46-43-40-37-34-30-23-20-17-14-11-8-5-2/h8-9,11-12,14,16-23,25-29,52H,4-7,10,13,15,24,30-51H2,1-3H3/b11-8-,12-9-,17-14-,19-16-,21-18-,23-20-,25-22-,27-26-,29-28-. The van der Waals surface area contributed by atoms with Crippen molar-refractivity contribution >= 4 is 17.9 Å². The first-order chi connectivity index (χ1) is 30.0. The van der Waals surface area contributed by atoms with Crippen molar-refractivity contribution in [3.8, 4) is 0 Å². The molecule has 0 heterocycles. The molecule has 0 fully saturated rings. The van der Waals surface area contributed by atoms with Crippen molar-refractivity contribution in [3.05, 3.63) is 109 Å². The number of carbonyl (C=O) groups is 3. The minimum absolute atomic E-state index is 0.104. The van der Waals surface area contributed by atoms with Crippen molar-refractivity contribution in [3.63, 3.8) is 0 Å². The Morgan fingerprint density at radius 3 is 1.18 bits per heavy atom. The fourth-order valence-corrected chi connectivity index (χ4v) is 6.25. The van der Waals surface area contributed by atoms with E-state index in [9.17, 15) is 14.4 Å². The Bertz CT molecular complexity index is 1290. The maximum absolute atomic E-state index is 12.8. The van der Waals surface area contributed by atoms with Crippen LogP contribution in [-0.2, 0) is 28.6 Å². The van der Waals surface area contributed by atoms with Crippen LogP contribution in [0.2, 0.25) is 0 Å². The van der Waals surface area contributed by atoms with Gasteiger partial charge in [-0.25, -0.2) is 0 Å². The lowest BCUT2D eigenvalue weighted by Crippen LogP contribution is -2.30. The smallest absolute Gasteiger partial charge is 0.306 e. The minimum atomic E-state index is -0.805. The van der Waals surface area contributed by atoms with Crippen LogP contribution in [0.3, 0.4) is 0 Å². The summed E-state index contributed by atoms with van der Waals surface area (Å²) in [6.07, 6.45) is 64.9. The van der Waals surface area contributed by atoms with Crippen LogP contribution in [0.15, 0.2) is 109 Å². The van der Waals surface area contributed by atoms with Crippen LogP contribution in [-0.4, -0.2) is 37.2 Å². The van der Waals surface area contributed by atoms with Gasteiger partial charge in [0.1, 0.15) is 13.2 Å².